The molecule has 0 aliphatic carbocycles. The summed E-state index contributed by atoms with van der Waals surface area (Å²) in [6.07, 6.45) is 0.845. The number of ether oxygens (including phenoxy) is 2. The summed E-state index contributed by atoms with van der Waals surface area (Å²) in [5.74, 6) is 1.83. The van der Waals surface area contributed by atoms with E-state index in [1.807, 2.05) is 30.3 Å². The van der Waals surface area contributed by atoms with Crippen LogP contribution in [0, 0.1) is 5.92 Å². The van der Waals surface area contributed by atoms with Crippen molar-refractivity contribution in [3.05, 3.63) is 53.6 Å². The van der Waals surface area contributed by atoms with Crippen molar-refractivity contribution in [2.45, 2.75) is 19.4 Å². The van der Waals surface area contributed by atoms with E-state index in [0.717, 1.165) is 36.3 Å². The standard InChI is InChI=1S/C20H25N2O3P/c1-14-13-21-26(23,16-7-5-4-6-8-16)22-10-9-15-11-18(24-2)19(25-3)12-17(15)20(14)22/h4-8,11-12,14,20H,9-10,13H2,1-3H3,(H,21,23)/t14-,20+,26?/m0/s1. The van der Waals surface area contributed by atoms with Gasteiger partial charge in [0, 0.05) is 13.1 Å². The zero-order chi connectivity index (χ0) is 18.3. The molecule has 0 bridgehead atoms. The predicted molar refractivity (Wildman–Crippen MR) is 103 cm³/mol. The summed E-state index contributed by atoms with van der Waals surface area (Å²) in [5.41, 5.74) is 2.47. The van der Waals surface area contributed by atoms with Gasteiger partial charge in [-0.05, 0) is 47.7 Å². The molecular formula is C20H25N2O3P. The van der Waals surface area contributed by atoms with E-state index >= 15 is 0 Å². The van der Waals surface area contributed by atoms with E-state index in [2.05, 4.69) is 28.8 Å². The van der Waals surface area contributed by atoms with Crippen molar-refractivity contribution >= 4 is 13.1 Å². The van der Waals surface area contributed by atoms with Crippen LogP contribution in [0.4, 0.5) is 0 Å². The van der Waals surface area contributed by atoms with Crippen molar-refractivity contribution in [2.75, 3.05) is 27.3 Å². The maximum Gasteiger partial charge on any atom is 0.161 e. The molecule has 2 aliphatic rings. The normalized spacial score (nSPS) is 28.2. The van der Waals surface area contributed by atoms with Crippen LogP contribution in [-0.2, 0) is 6.42 Å². The number of hydrogen-bond donors (Lipinski definition) is 1. The molecule has 1 unspecified atom stereocenters. The summed E-state index contributed by atoms with van der Waals surface area (Å²) in [5, 5.41) is 4.24. The molecule has 3 atom stereocenters. The molecule has 5 nitrogen and oxygen atoms in total. The molecule has 26 heavy (non-hydrogen) atoms. The van der Waals surface area contributed by atoms with E-state index in [1.165, 1.54) is 11.1 Å². The second-order valence-corrected chi connectivity index (χ2v) is 9.51. The number of hydrogen-bond acceptors (Lipinski definition) is 5. The third kappa shape index (κ3) is 2.71. The first-order valence-corrected chi connectivity index (χ1v) is 10.7. The maximum absolute atomic E-state index is 14.0. The van der Waals surface area contributed by atoms with Gasteiger partial charge in [-0.1, -0.05) is 25.1 Å². The van der Waals surface area contributed by atoms with Gasteiger partial charge >= 0.3 is 0 Å². The quantitative estimate of drug-likeness (QED) is 0.838. The first-order chi connectivity index (χ1) is 12.6. The molecule has 1 N–H and O–H groups in total. The summed E-state index contributed by atoms with van der Waals surface area (Å²) < 4.78 is 13.2. The number of nitrogens with zero attached hydrogens (tertiary/aromatic N) is 1. The minimum atomic E-state index is -2.82. The minimum absolute atomic E-state index is 0.103. The number of rotatable bonds is 3. The van der Waals surface area contributed by atoms with Crippen molar-refractivity contribution in [1.29, 1.82) is 0 Å². The van der Waals surface area contributed by atoms with E-state index in [0.29, 0.717) is 5.92 Å². The lowest BCUT2D eigenvalue weighted by atomic mass is 9.86. The average molecular weight is 372 g/mol. The van der Waals surface area contributed by atoms with Crippen LogP contribution >= 0.6 is 7.79 Å². The Balaban J connectivity index is 1.81. The molecule has 1 saturated heterocycles. The van der Waals surface area contributed by atoms with Gasteiger partial charge in [-0.3, -0.25) is 0 Å². The highest BCUT2D eigenvalue weighted by molar-refractivity contribution is 7.72. The van der Waals surface area contributed by atoms with Crippen LogP contribution in [0.25, 0.3) is 0 Å². The first kappa shape index (κ1) is 17.7. The summed E-state index contributed by atoms with van der Waals surface area (Å²) in [4.78, 5) is 14.0. The summed E-state index contributed by atoms with van der Waals surface area (Å²) in [7, 11) is 0.500. The summed E-state index contributed by atoms with van der Waals surface area (Å²) in [6, 6.07) is 14.0. The molecule has 2 aromatic rings. The molecule has 4 rings (SSSR count). The van der Waals surface area contributed by atoms with Gasteiger partial charge in [-0.2, -0.15) is 9.76 Å². The molecule has 2 heterocycles. The highest BCUT2D eigenvalue weighted by Crippen LogP contribution is 2.59. The maximum atomic E-state index is 14.0. The SMILES string of the molecule is COc1cc2c(cc1OC)[C@H]1[C@@H](C)CN[P+]([O-])(c3ccccc3)N1CC2. The fourth-order valence-corrected chi connectivity index (χ4v) is 7.08. The highest BCUT2D eigenvalue weighted by Gasteiger charge is 2.50. The van der Waals surface area contributed by atoms with Gasteiger partial charge in [0.25, 0.3) is 0 Å². The molecule has 0 aromatic heterocycles. The van der Waals surface area contributed by atoms with Gasteiger partial charge in [-0.15, -0.1) is 0 Å². The van der Waals surface area contributed by atoms with Gasteiger partial charge in [0.15, 0.2) is 11.5 Å². The molecular weight excluding hydrogens is 347 g/mol. The van der Waals surface area contributed by atoms with Gasteiger partial charge in [0.2, 0.25) is 0 Å². The van der Waals surface area contributed by atoms with Crippen LogP contribution in [0.3, 0.4) is 0 Å². The van der Waals surface area contributed by atoms with Crippen molar-refractivity contribution in [3.63, 3.8) is 0 Å². The average Bonchev–Trinajstić information content (AvgIpc) is 2.69. The molecule has 1 fully saturated rings. The van der Waals surface area contributed by atoms with Crippen LogP contribution < -0.4 is 24.8 Å². The number of fused-ring (bicyclic) bond motifs is 3. The lowest BCUT2D eigenvalue weighted by molar-refractivity contribution is -0.187. The Hall–Kier alpha value is -1.65. The van der Waals surface area contributed by atoms with Gasteiger partial charge in [-0.25, -0.2) is 0 Å². The summed E-state index contributed by atoms with van der Waals surface area (Å²) in [6.45, 7) is 3.70. The molecule has 0 amide bonds. The predicted octanol–water partition coefficient (Wildman–Crippen LogP) is 2.29. The largest absolute Gasteiger partial charge is 0.647 e. The molecule has 2 aromatic carbocycles. The zero-order valence-corrected chi connectivity index (χ0v) is 16.3. The topological polar surface area (TPSA) is 56.8 Å². The Labute approximate surface area is 155 Å². The Kier molecular flexibility index (Phi) is 4.66. The number of benzene rings is 2. The van der Waals surface area contributed by atoms with Crippen LogP contribution in [-0.4, -0.2) is 32.0 Å². The lowest BCUT2D eigenvalue weighted by Gasteiger charge is -2.52. The number of methoxy groups -OCH3 is 2. The highest BCUT2D eigenvalue weighted by atomic mass is 31.2. The van der Waals surface area contributed by atoms with Gasteiger partial charge < -0.3 is 14.4 Å². The van der Waals surface area contributed by atoms with Crippen molar-refractivity contribution in [1.82, 2.24) is 9.76 Å². The molecule has 0 radical (unpaired) electrons. The molecule has 2 aliphatic heterocycles. The Morgan fingerprint density at radius 2 is 1.81 bits per heavy atom. The van der Waals surface area contributed by atoms with E-state index in [1.54, 1.807) is 14.2 Å². The van der Waals surface area contributed by atoms with Crippen molar-refractivity contribution < 1.29 is 14.4 Å². The van der Waals surface area contributed by atoms with Crippen LogP contribution in [0.5, 0.6) is 11.5 Å². The first-order valence-electron chi connectivity index (χ1n) is 9.01. The third-order valence-electron chi connectivity index (χ3n) is 5.53. The van der Waals surface area contributed by atoms with Gasteiger partial charge in [0.05, 0.1) is 20.3 Å². The van der Waals surface area contributed by atoms with Crippen molar-refractivity contribution in [3.8, 4) is 11.5 Å². The fraction of sp³-hybridized carbons (Fsp3) is 0.400. The lowest BCUT2D eigenvalue weighted by Crippen LogP contribution is -2.56. The second-order valence-electron chi connectivity index (χ2n) is 7.02. The minimum Gasteiger partial charge on any atom is -0.647 e. The van der Waals surface area contributed by atoms with E-state index in [9.17, 15) is 4.89 Å². The van der Waals surface area contributed by atoms with E-state index in [4.69, 9.17) is 9.47 Å². The Morgan fingerprint density at radius 3 is 2.50 bits per heavy atom. The fourth-order valence-electron chi connectivity index (χ4n) is 4.22. The monoisotopic (exact) mass is 372 g/mol. The van der Waals surface area contributed by atoms with Crippen LogP contribution in [0.15, 0.2) is 42.5 Å². The zero-order valence-electron chi connectivity index (χ0n) is 15.4. The number of nitrogens with one attached hydrogen (secondary N) is 1. The van der Waals surface area contributed by atoms with E-state index < -0.39 is 7.79 Å². The van der Waals surface area contributed by atoms with Crippen LogP contribution in [0.1, 0.15) is 24.1 Å². The summed E-state index contributed by atoms with van der Waals surface area (Å²) >= 11 is 0. The van der Waals surface area contributed by atoms with Crippen LogP contribution in [0.2, 0.25) is 0 Å². The van der Waals surface area contributed by atoms with Crippen molar-refractivity contribution in [2.24, 2.45) is 5.92 Å². The van der Waals surface area contributed by atoms with Gasteiger partial charge in [0.1, 0.15) is 13.1 Å². The van der Waals surface area contributed by atoms with E-state index in [-0.39, 0.29) is 6.04 Å². The molecule has 6 heteroatoms. The molecule has 0 spiro atoms. The Bertz CT molecular complexity index is 801. The molecule has 138 valence electrons. The Morgan fingerprint density at radius 1 is 1.12 bits per heavy atom. The molecule has 0 saturated carbocycles. The third-order valence-corrected chi connectivity index (χ3v) is 8.31. The second kappa shape index (κ2) is 6.82. The smallest absolute Gasteiger partial charge is 0.161 e.